The number of benzene rings is 7. The molecule has 0 saturated heterocycles. The molecule has 272 valence electrons. The molecule has 7 aromatic rings. The van der Waals surface area contributed by atoms with Crippen molar-refractivity contribution in [3.8, 4) is 5.75 Å². The van der Waals surface area contributed by atoms with Crippen molar-refractivity contribution in [2.45, 2.75) is 19.3 Å². The molecular weight excluding hydrogens is 677 g/mol. The van der Waals surface area contributed by atoms with Crippen LogP contribution in [0.1, 0.15) is 75.0 Å². The molecule has 0 fully saturated rings. The molecule has 7 rings (SSSR count). The third-order valence-corrected chi connectivity index (χ3v) is 9.95. The van der Waals surface area contributed by atoms with E-state index in [2.05, 4.69) is 226 Å². The summed E-state index contributed by atoms with van der Waals surface area (Å²) >= 11 is 0. The first-order valence-corrected chi connectivity index (χ1v) is 19.2. The summed E-state index contributed by atoms with van der Waals surface area (Å²) in [4.78, 5) is 0. The van der Waals surface area contributed by atoms with Gasteiger partial charge in [-0.2, -0.15) is 0 Å². The van der Waals surface area contributed by atoms with Crippen LogP contribution in [0, 0.1) is 0 Å². The van der Waals surface area contributed by atoms with Gasteiger partial charge in [0, 0.05) is 16.5 Å². The fourth-order valence-corrected chi connectivity index (χ4v) is 6.96. The van der Waals surface area contributed by atoms with Crippen LogP contribution in [0.15, 0.2) is 188 Å². The zero-order valence-corrected chi connectivity index (χ0v) is 32.0. The molecule has 0 radical (unpaired) electrons. The lowest BCUT2D eigenvalue weighted by molar-refractivity contribution is 0.462. The van der Waals surface area contributed by atoms with Gasteiger partial charge >= 0.3 is 0 Å². The van der Waals surface area contributed by atoms with Crippen LogP contribution >= 0.6 is 0 Å². The monoisotopic (exact) mass is 722 g/mol. The van der Waals surface area contributed by atoms with Crippen LogP contribution in [-0.2, 0) is 5.41 Å². The summed E-state index contributed by atoms with van der Waals surface area (Å²) in [6.07, 6.45) is 21.7. The van der Waals surface area contributed by atoms with Gasteiger partial charge in [0.1, 0.15) is 5.75 Å². The van der Waals surface area contributed by atoms with E-state index in [1.807, 2.05) is 30.5 Å². The first-order chi connectivity index (χ1) is 27.6. The van der Waals surface area contributed by atoms with Crippen molar-refractivity contribution in [2.24, 2.45) is 0 Å². The van der Waals surface area contributed by atoms with Gasteiger partial charge in [0.2, 0.25) is 0 Å². The molecule has 0 N–H and O–H groups in total. The number of hydrogen-bond donors (Lipinski definition) is 0. The predicted molar refractivity (Wildman–Crippen MR) is 243 cm³/mol. The Bertz CT molecular complexity index is 2450. The minimum Gasteiger partial charge on any atom is -0.464 e. The lowest BCUT2D eigenvalue weighted by atomic mass is 9.72. The Morgan fingerprint density at radius 3 is 1.02 bits per heavy atom. The van der Waals surface area contributed by atoms with Crippen molar-refractivity contribution >= 4 is 54.7 Å². The quantitative estimate of drug-likeness (QED) is 0.0850. The van der Waals surface area contributed by atoms with E-state index < -0.39 is 5.41 Å². The first kappa shape index (κ1) is 37.4. The van der Waals surface area contributed by atoms with Crippen molar-refractivity contribution in [2.75, 3.05) is 0 Å². The molecule has 0 bridgehead atoms. The number of ether oxygens (including phenoxy) is 1. The third-order valence-electron chi connectivity index (χ3n) is 9.95. The largest absolute Gasteiger partial charge is 0.464 e. The van der Waals surface area contributed by atoms with Crippen LogP contribution < -0.4 is 4.74 Å². The third kappa shape index (κ3) is 9.39. The summed E-state index contributed by atoms with van der Waals surface area (Å²) in [6.45, 7) is 4.61. The zero-order chi connectivity index (χ0) is 38.4. The highest BCUT2D eigenvalue weighted by Crippen LogP contribution is 2.47. The average Bonchev–Trinajstić information content (AvgIpc) is 3.26. The molecule has 7 aromatic carbocycles. The normalized spacial score (nSPS) is 12.1. The molecule has 0 aliphatic heterocycles. The van der Waals surface area contributed by atoms with E-state index in [1.165, 1.54) is 5.56 Å². The van der Waals surface area contributed by atoms with Gasteiger partial charge in [-0.05, 0) is 56.1 Å². The molecule has 56 heavy (non-hydrogen) atoms. The van der Waals surface area contributed by atoms with Gasteiger partial charge in [-0.25, -0.2) is 0 Å². The molecule has 1 nitrogen and oxygen atoms in total. The Balaban J connectivity index is 1.61. The zero-order valence-electron chi connectivity index (χ0n) is 32.0. The maximum atomic E-state index is 7.05. The van der Waals surface area contributed by atoms with E-state index in [0.717, 1.165) is 61.4 Å². The fraction of sp³-hybridized carbons (Fsp3) is 0.0545. The molecule has 0 spiro atoms. The highest BCUT2D eigenvalue weighted by atomic mass is 16.5. The Hall–Kier alpha value is -6.96. The Labute approximate surface area is 332 Å². The van der Waals surface area contributed by atoms with Gasteiger partial charge in [0.05, 0.1) is 6.26 Å². The maximum Gasteiger partial charge on any atom is 0.139 e. The minimum absolute atomic E-state index is 0.486. The van der Waals surface area contributed by atoms with Crippen LogP contribution in [0.25, 0.3) is 54.7 Å². The molecule has 0 heterocycles. The summed E-state index contributed by atoms with van der Waals surface area (Å²) in [5.41, 5.74) is 11.5. The molecule has 0 unspecified atom stereocenters. The molecule has 1 heteroatoms. The van der Waals surface area contributed by atoms with Crippen LogP contribution in [0.2, 0.25) is 0 Å². The van der Waals surface area contributed by atoms with Gasteiger partial charge in [-0.1, -0.05) is 244 Å². The highest BCUT2D eigenvalue weighted by molar-refractivity contribution is 5.94. The van der Waals surface area contributed by atoms with Gasteiger partial charge in [0.25, 0.3) is 0 Å². The van der Waals surface area contributed by atoms with Crippen molar-refractivity contribution in [1.29, 1.82) is 0 Å². The standard InChI is InChI=1S/C55H46O/c1-55(2,48-31-19-8-20-32-48)53-51(39-35-45-25-13-5-14-26-45)49(37-33-43-21-9-3-10-22-43)50(38-34-44-23-11-4-12-24-44)52(40-36-46-27-15-6-16-28-46)54(53)56-42-41-47-29-17-7-18-30-47/h3-42H,1-2H3. The highest BCUT2D eigenvalue weighted by Gasteiger charge is 2.33. The molecule has 0 aliphatic rings. The molecular formula is C55H46O. The van der Waals surface area contributed by atoms with Crippen molar-refractivity contribution in [1.82, 2.24) is 0 Å². The Morgan fingerprint density at radius 1 is 0.321 bits per heavy atom. The van der Waals surface area contributed by atoms with E-state index in [-0.39, 0.29) is 0 Å². The summed E-state index contributed by atoms with van der Waals surface area (Å²) in [5.74, 6) is 0.801. The second kappa shape index (κ2) is 18.4. The summed E-state index contributed by atoms with van der Waals surface area (Å²) < 4.78 is 7.05. The Kier molecular flexibility index (Phi) is 12.3. The summed E-state index contributed by atoms with van der Waals surface area (Å²) in [7, 11) is 0. The van der Waals surface area contributed by atoms with E-state index >= 15 is 0 Å². The lowest BCUT2D eigenvalue weighted by Gasteiger charge is -2.33. The number of rotatable bonds is 13. The molecule has 0 aromatic heterocycles. The SMILES string of the molecule is CC(C)(c1ccccc1)c1c(C=Cc2ccccc2)c(C=Cc2ccccc2)c(C=Cc2ccccc2)c(C=Cc2ccccc2)c1OC=Cc1ccccc1. The second-order valence-corrected chi connectivity index (χ2v) is 14.2. The van der Waals surface area contributed by atoms with E-state index in [1.54, 1.807) is 0 Å². The van der Waals surface area contributed by atoms with Gasteiger partial charge in [-0.3, -0.25) is 0 Å². The van der Waals surface area contributed by atoms with E-state index in [9.17, 15) is 0 Å². The molecule has 0 saturated carbocycles. The van der Waals surface area contributed by atoms with Gasteiger partial charge in [0.15, 0.2) is 0 Å². The average molecular weight is 723 g/mol. The van der Waals surface area contributed by atoms with Crippen LogP contribution in [0.4, 0.5) is 0 Å². The van der Waals surface area contributed by atoms with Crippen molar-refractivity contribution in [3.05, 3.63) is 249 Å². The molecule has 0 aliphatic carbocycles. The minimum atomic E-state index is -0.486. The lowest BCUT2D eigenvalue weighted by Crippen LogP contribution is -2.23. The maximum absolute atomic E-state index is 7.05. The fourth-order valence-electron chi connectivity index (χ4n) is 6.96. The first-order valence-electron chi connectivity index (χ1n) is 19.2. The van der Waals surface area contributed by atoms with E-state index in [0.29, 0.717) is 0 Å². The molecule has 0 amide bonds. The second-order valence-electron chi connectivity index (χ2n) is 14.2. The van der Waals surface area contributed by atoms with Gasteiger partial charge < -0.3 is 4.74 Å². The topological polar surface area (TPSA) is 9.23 Å². The van der Waals surface area contributed by atoms with Crippen LogP contribution in [0.5, 0.6) is 5.75 Å². The number of hydrogen-bond acceptors (Lipinski definition) is 1. The van der Waals surface area contributed by atoms with Crippen LogP contribution in [-0.4, -0.2) is 0 Å². The smallest absolute Gasteiger partial charge is 0.139 e. The summed E-state index contributed by atoms with van der Waals surface area (Å²) in [5, 5.41) is 0. The van der Waals surface area contributed by atoms with Crippen LogP contribution in [0.3, 0.4) is 0 Å². The predicted octanol–water partition coefficient (Wildman–Crippen LogP) is 14.7. The molecule has 0 atom stereocenters. The van der Waals surface area contributed by atoms with E-state index in [4.69, 9.17) is 4.74 Å². The Morgan fingerprint density at radius 2 is 0.625 bits per heavy atom. The van der Waals surface area contributed by atoms with Crippen molar-refractivity contribution in [3.63, 3.8) is 0 Å². The van der Waals surface area contributed by atoms with Crippen molar-refractivity contribution < 1.29 is 4.74 Å². The van der Waals surface area contributed by atoms with Gasteiger partial charge in [-0.15, -0.1) is 0 Å². The summed E-state index contributed by atoms with van der Waals surface area (Å²) in [6, 6.07) is 63.0.